The molecule has 0 radical (unpaired) electrons. The van der Waals surface area contributed by atoms with Gasteiger partial charge in [0.05, 0.1) is 34.9 Å². The first-order valence-corrected chi connectivity index (χ1v) is 6.64. The van der Waals surface area contributed by atoms with Crippen LogP contribution in [-0.4, -0.2) is 40.5 Å². The van der Waals surface area contributed by atoms with E-state index in [1.165, 1.54) is 7.11 Å². The van der Waals surface area contributed by atoms with Crippen molar-refractivity contribution in [1.29, 1.82) is 0 Å². The number of hydrogen-bond acceptors (Lipinski definition) is 6. The lowest BCUT2D eigenvalue weighted by molar-refractivity contribution is -0.141. The Hall–Kier alpha value is -1.95. The normalized spacial score (nSPS) is 11.7. The van der Waals surface area contributed by atoms with Crippen LogP contribution in [0.4, 0.5) is 0 Å². The second kappa shape index (κ2) is 8.36. The van der Waals surface area contributed by atoms with Gasteiger partial charge < -0.3 is 24.3 Å². The largest absolute Gasteiger partial charge is 0.493 e. The molecule has 1 aromatic carbocycles. The molecule has 1 aromatic rings. The van der Waals surface area contributed by atoms with Crippen molar-refractivity contribution >= 4 is 5.97 Å². The fraction of sp³-hybridized carbons (Fsp3) is 0.533. The summed E-state index contributed by atoms with van der Waals surface area (Å²) in [4.78, 5) is 11.2. The van der Waals surface area contributed by atoms with Gasteiger partial charge in [0.25, 0.3) is 0 Å². The summed E-state index contributed by atoms with van der Waals surface area (Å²) in [6.45, 7) is 2.50. The van der Waals surface area contributed by atoms with E-state index in [1.54, 1.807) is 21.3 Å². The molecule has 21 heavy (non-hydrogen) atoms. The first-order chi connectivity index (χ1) is 10.0. The minimum Gasteiger partial charge on any atom is -0.493 e. The lowest BCUT2D eigenvalue weighted by Crippen LogP contribution is -2.28. The number of rotatable bonds is 8. The van der Waals surface area contributed by atoms with Crippen LogP contribution >= 0.6 is 0 Å². The van der Waals surface area contributed by atoms with Crippen molar-refractivity contribution in [3.8, 4) is 17.2 Å². The molecule has 0 amide bonds. The molecule has 6 nitrogen and oxygen atoms in total. The molecule has 118 valence electrons. The minimum atomic E-state index is -0.236. The monoisotopic (exact) mass is 297 g/mol. The maximum Gasteiger partial charge on any atom is 0.307 e. The van der Waals surface area contributed by atoms with Crippen molar-refractivity contribution in [3.05, 3.63) is 17.7 Å². The number of methoxy groups -OCH3 is 4. The lowest BCUT2D eigenvalue weighted by Gasteiger charge is -2.16. The summed E-state index contributed by atoms with van der Waals surface area (Å²) in [5.74, 6) is 1.54. The number of ether oxygens (including phenoxy) is 4. The van der Waals surface area contributed by atoms with Crippen LogP contribution in [0.15, 0.2) is 12.1 Å². The van der Waals surface area contributed by atoms with Gasteiger partial charge >= 0.3 is 5.97 Å². The standard InChI is InChI=1S/C15H23NO5/c1-10(6-14(17)20-4)16-9-11-7-12(18-2)15(21-5)13(8-11)19-3/h7-8,10,16H,6,9H2,1-5H3. The molecule has 0 heterocycles. The zero-order valence-electron chi connectivity index (χ0n) is 13.2. The highest BCUT2D eigenvalue weighted by Gasteiger charge is 2.14. The van der Waals surface area contributed by atoms with E-state index < -0.39 is 0 Å². The number of carbonyl (C=O) groups is 1. The maximum atomic E-state index is 11.2. The highest BCUT2D eigenvalue weighted by molar-refractivity contribution is 5.69. The third-order valence-electron chi connectivity index (χ3n) is 3.08. The van der Waals surface area contributed by atoms with Crippen molar-refractivity contribution in [1.82, 2.24) is 5.32 Å². The zero-order valence-corrected chi connectivity index (χ0v) is 13.2. The van der Waals surface area contributed by atoms with Gasteiger partial charge in [-0.3, -0.25) is 4.79 Å². The molecule has 0 saturated carbocycles. The highest BCUT2D eigenvalue weighted by atomic mass is 16.5. The summed E-state index contributed by atoms with van der Waals surface area (Å²) < 4.78 is 20.5. The van der Waals surface area contributed by atoms with E-state index in [9.17, 15) is 4.79 Å². The van der Waals surface area contributed by atoms with Crippen molar-refractivity contribution in [2.45, 2.75) is 25.9 Å². The van der Waals surface area contributed by atoms with E-state index >= 15 is 0 Å². The highest BCUT2D eigenvalue weighted by Crippen LogP contribution is 2.38. The summed E-state index contributed by atoms with van der Waals surface area (Å²) in [5, 5.41) is 3.25. The molecule has 0 aliphatic heterocycles. The van der Waals surface area contributed by atoms with Crippen LogP contribution in [0.25, 0.3) is 0 Å². The van der Waals surface area contributed by atoms with Gasteiger partial charge in [0.1, 0.15) is 0 Å². The second-order valence-electron chi connectivity index (χ2n) is 4.60. The van der Waals surface area contributed by atoms with Gasteiger partial charge in [-0.2, -0.15) is 0 Å². The van der Waals surface area contributed by atoms with E-state index in [0.717, 1.165) is 5.56 Å². The molecule has 1 rings (SSSR count). The fourth-order valence-electron chi connectivity index (χ4n) is 1.94. The summed E-state index contributed by atoms with van der Waals surface area (Å²) in [5.41, 5.74) is 0.973. The molecule has 0 saturated heterocycles. The summed E-state index contributed by atoms with van der Waals surface area (Å²) >= 11 is 0. The van der Waals surface area contributed by atoms with Crippen molar-refractivity contribution < 1.29 is 23.7 Å². The molecule has 0 aromatic heterocycles. The SMILES string of the molecule is COC(=O)CC(C)NCc1cc(OC)c(OC)c(OC)c1. The molecule has 1 N–H and O–H groups in total. The van der Waals surface area contributed by atoms with Crippen LogP contribution in [-0.2, 0) is 16.1 Å². The third-order valence-corrected chi connectivity index (χ3v) is 3.08. The number of hydrogen-bond donors (Lipinski definition) is 1. The Morgan fingerprint density at radius 3 is 2.10 bits per heavy atom. The van der Waals surface area contributed by atoms with Gasteiger partial charge in [-0.25, -0.2) is 0 Å². The molecule has 0 fully saturated rings. The summed E-state index contributed by atoms with van der Waals surface area (Å²) in [7, 11) is 6.10. The molecule has 0 spiro atoms. The van der Waals surface area contributed by atoms with Gasteiger partial charge in [0.2, 0.25) is 5.75 Å². The third kappa shape index (κ3) is 4.82. The molecule has 1 atom stereocenters. The molecule has 0 bridgehead atoms. The van der Waals surface area contributed by atoms with Gasteiger partial charge in [0.15, 0.2) is 11.5 Å². The molecule has 6 heteroatoms. The van der Waals surface area contributed by atoms with Crippen LogP contribution in [0.3, 0.4) is 0 Å². The van der Waals surface area contributed by atoms with Crippen LogP contribution in [0.1, 0.15) is 18.9 Å². The Balaban J connectivity index is 2.77. The number of esters is 1. The van der Waals surface area contributed by atoms with Crippen LogP contribution in [0.5, 0.6) is 17.2 Å². The average molecular weight is 297 g/mol. The summed E-state index contributed by atoms with van der Waals surface area (Å²) in [6, 6.07) is 3.76. The molecular weight excluding hydrogens is 274 g/mol. The van der Waals surface area contributed by atoms with E-state index in [1.807, 2.05) is 19.1 Å². The summed E-state index contributed by atoms with van der Waals surface area (Å²) in [6.07, 6.45) is 0.320. The Morgan fingerprint density at radius 2 is 1.67 bits per heavy atom. The van der Waals surface area contributed by atoms with Crippen molar-refractivity contribution in [3.63, 3.8) is 0 Å². The van der Waals surface area contributed by atoms with Crippen LogP contribution in [0.2, 0.25) is 0 Å². The Bertz CT molecular complexity index is 450. The van der Waals surface area contributed by atoms with E-state index in [2.05, 4.69) is 10.1 Å². The van der Waals surface area contributed by atoms with Gasteiger partial charge in [-0.1, -0.05) is 0 Å². The molecule has 0 aliphatic rings. The topological polar surface area (TPSA) is 66.0 Å². The fourth-order valence-corrected chi connectivity index (χ4v) is 1.94. The van der Waals surface area contributed by atoms with Crippen LogP contribution in [0, 0.1) is 0 Å². The zero-order chi connectivity index (χ0) is 15.8. The Morgan fingerprint density at radius 1 is 1.10 bits per heavy atom. The average Bonchev–Trinajstić information content (AvgIpc) is 2.51. The predicted molar refractivity (Wildman–Crippen MR) is 79.0 cm³/mol. The quantitative estimate of drug-likeness (QED) is 0.738. The first kappa shape index (κ1) is 17.1. The van der Waals surface area contributed by atoms with Crippen LogP contribution < -0.4 is 19.5 Å². The van der Waals surface area contributed by atoms with Gasteiger partial charge in [0, 0.05) is 12.6 Å². The maximum absolute atomic E-state index is 11.2. The second-order valence-corrected chi connectivity index (χ2v) is 4.60. The number of carbonyl (C=O) groups excluding carboxylic acids is 1. The van der Waals surface area contributed by atoms with E-state index in [4.69, 9.17) is 14.2 Å². The predicted octanol–water partition coefficient (Wildman–Crippen LogP) is 1.75. The Kier molecular flexibility index (Phi) is 6.81. The number of benzene rings is 1. The van der Waals surface area contributed by atoms with Gasteiger partial charge in [-0.15, -0.1) is 0 Å². The van der Waals surface area contributed by atoms with Crippen molar-refractivity contribution in [2.75, 3.05) is 28.4 Å². The molecular formula is C15H23NO5. The molecule has 1 unspecified atom stereocenters. The van der Waals surface area contributed by atoms with E-state index in [0.29, 0.717) is 30.2 Å². The Labute approximate surface area is 125 Å². The molecule has 0 aliphatic carbocycles. The lowest BCUT2D eigenvalue weighted by atomic mass is 10.1. The van der Waals surface area contributed by atoms with Crippen molar-refractivity contribution in [2.24, 2.45) is 0 Å². The number of nitrogens with one attached hydrogen (secondary N) is 1. The van der Waals surface area contributed by atoms with E-state index in [-0.39, 0.29) is 12.0 Å². The van der Waals surface area contributed by atoms with Gasteiger partial charge in [-0.05, 0) is 24.6 Å². The first-order valence-electron chi connectivity index (χ1n) is 6.64. The minimum absolute atomic E-state index is 0.0107. The smallest absolute Gasteiger partial charge is 0.307 e.